The fourth-order valence-corrected chi connectivity index (χ4v) is 9.49. The van der Waals surface area contributed by atoms with Gasteiger partial charge in [0.05, 0.1) is 12.7 Å². The molecule has 3 nitrogen and oxygen atoms in total. The van der Waals surface area contributed by atoms with Crippen LogP contribution in [-0.2, 0) is 14.3 Å². The lowest BCUT2D eigenvalue weighted by Gasteiger charge is -2.58. The summed E-state index contributed by atoms with van der Waals surface area (Å²) in [7, 11) is 0. The average molecular weight is 413 g/mol. The van der Waals surface area contributed by atoms with Gasteiger partial charge in [0.1, 0.15) is 5.78 Å². The molecule has 2 saturated heterocycles. The zero-order valence-corrected chi connectivity index (χ0v) is 19.4. The predicted molar refractivity (Wildman–Crippen MR) is 117 cm³/mol. The van der Waals surface area contributed by atoms with Crippen LogP contribution in [0.5, 0.6) is 0 Å². The molecule has 0 N–H and O–H groups in total. The third-order valence-electron chi connectivity index (χ3n) is 11.2. The van der Waals surface area contributed by atoms with Crippen molar-refractivity contribution in [3.63, 3.8) is 0 Å². The number of rotatable bonds is 0. The topological polar surface area (TPSA) is 35.5 Å². The summed E-state index contributed by atoms with van der Waals surface area (Å²) < 4.78 is 13.3. The lowest BCUT2D eigenvalue weighted by atomic mass is 9.47. The van der Waals surface area contributed by atoms with Crippen LogP contribution in [0, 0.1) is 46.3 Å². The van der Waals surface area contributed by atoms with E-state index >= 15 is 0 Å². The van der Waals surface area contributed by atoms with Crippen LogP contribution in [0.1, 0.15) is 85.5 Å². The predicted octanol–water partition coefficient (Wildman–Crippen LogP) is 5.92. The highest BCUT2D eigenvalue weighted by Gasteiger charge is 2.68. The number of carbonyl (C=O) groups is 1. The number of ketones is 1. The van der Waals surface area contributed by atoms with Crippen molar-refractivity contribution < 1.29 is 14.3 Å². The van der Waals surface area contributed by atoms with Crippen LogP contribution < -0.4 is 0 Å². The van der Waals surface area contributed by atoms with E-state index in [1.807, 2.05) is 0 Å². The molecule has 0 aromatic heterocycles. The van der Waals surface area contributed by atoms with Crippen molar-refractivity contribution >= 4 is 5.78 Å². The van der Waals surface area contributed by atoms with Crippen molar-refractivity contribution in [2.75, 3.05) is 6.61 Å². The molecule has 2 heterocycles. The third kappa shape index (κ3) is 2.48. The van der Waals surface area contributed by atoms with Crippen LogP contribution in [0.4, 0.5) is 0 Å². The first-order valence-electron chi connectivity index (χ1n) is 12.8. The third-order valence-corrected chi connectivity index (χ3v) is 11.2. The molecule has 0 amide bonds. The van der Waals surface area contributed by atoms with Crippen LogP contribution in [0.15, 0.2) is 11.6 Å². The molecule has 166 valence electrons. The van der Waals surface area contributed by atoms with Crippen LogP contribution in [-0.4, -0.2) is 24.3 Å². The Kier molecular flexibility index (Phi) is 4.29. The molecule has 2 aliphatic heterocycles. The summed E-state index contributed by atoms with van der Waals surface area (Å²) >= 11 is 0. The van der Waals surface area contributed by atoms with Crippen molar-refractivity contribution in [2.24, 2.45) is 46.3 Å². The van der Waals surface area contributed by atoms with Crippen LogP contribution in [0.25, 0.3) is 0 Å². The van der Waals surface area contributed by atoms with Crippen molar-refractivity contribution in [2.45, 2.75) is 97.4 Å². The molecule has 6 aliphatic rings. The maximum Gasteiger partial charge on any atom is 0.171 e. The Balaban J connectivity index is 1.29. The highest BCUT2D eigenvalue weighted by atomic mass is 16.7. The molecule has 3 saturated carbocycles. The van der Waals surface area contributed by atoms with E-state index < -0.39 is 0 Å². The van der Waals surface area contributed by atoms with E-state index in [-0.39, 0.29) is 11.2 Å². The van der Waals surface area contributed by atoms with Gasteiger partial charge in [-0.05, 0) is 78.9 Å². The molecule has 0 radical (unpaired) electrons. The number of hydrogen-bond acceptors (Lipinski definition) is 3. The Labute approximate surface area is 182 Å². The summed E-state index contributed by atoms with van der Waals surface area (Å²) in [6, 6.07) is 0. The van der Waals surface area contributed by atoms with Gasteiger partial charge in [-0.3, -0.25) is 4.79 Å². The fourth-order valence-electron chi connectivity index (χ4n) is 9.49. The molecule has 1 spiro atoms. The summed E-state index contributed by atoms with van der Waals surface area (Å²) in [5.41, 5.74) is 2.13. The summed E-state index contributed by atoms with van der Waals surface area (Å²) in [5.74, 6) is 4.26. The maximum absolute atomic E-state index is 12.1. The Bertz CT molecular complexity index is 777. The lowest BCUT2D eigenvalue weighted by Crippen LogP contribution is -2.52. The molecule has 6 rings (SSSR count). The molecular formula is C27H40O3. The maximum atomic E-state index is 12.1. The molecule has 3 heteroatoms. The zero-order chi connectivity index (χ0) is 20.9. The Morgan fingerprint density at radius 1 is 1.07 bits per heavy atom. The second-order valence-electron chi connectivity index (χ2n) is 12.5. The first kappa shape index (κ1) is 20.0. The first-order chi connectivity index (χ1) is 14.3. The Hall–Kier alpha value is -0.670. The highest BCUT2D eigenvalue weighted by Crippen LogP contribution is 2.70. The van der Waals surface area contributed by atoms with E-state index in [9.17, 15) is 4.79 Å². The minimum absolute atomic E-state index is 0.270. The summed E-state index contributed by atoms with van der Waals surface area (Å²) in [5, 5.41) is 0. The van der Waals surface area contributed by atoms with E-state index in [2.05, 4.69) is 33.8 Å². The summed E-state index contributed by atoms with van der Waals surface area (Å²) in [4.78, 5) is 12.1. The number of carbonyl (C=O) groups excluding carboxylic acids is 1. The quantitative estimate of drug-likeness (QED) is 0.463. The van der Waals surface area contributed by atoms with Gasteiger partial charge in [-0.25, -0.2) is 0 Å². The first-order valence-corrected chi connectivity index (χ1v) is 12.8. The minimum atomic E-state index is -0.304. The van der Waals surface area contributed by atoms with Gasteiger partial charge >= 0.3 is 0 Å². The lowest BCUT2D eigenvalue weighted by molar-refractivity contribution is -0.272. The normalized spacial score (nSPS) is 57.4. The van der Waals surface area contributed by atoms with Crippen LogP contribution in [0.3, 0.4) is 0 Å². The van der Waals surface area contributed by atoms with Crippen molar-refractivity contribution in [3.8, 4) is 0 Å². The van der Waals surface area contributed by atoms with Gasteiger partial charge in [0.25, 0.3) is 0 Å². The molecule has 5 fully saturated rings. The molecule has 0 aromatic rings. The number of ether oxygens (including phenoxy) is 2. The van der Waals surface area contributed by atoms with Gasteiger partial charge in [-0.1, -0.05) is 39.3 Å². The van der Waals surface area contributed by atoms with Gasteiger partial charge in [-0.15, -0.1) is 0 Å². The molecule has 10 atom stereocenters. The molecule has 30 heavy (non-hydrogen) atoms. The fraction of sp³-hybridized carbons (Fsp3) is 0.889. The van der Waals surface area contributed by atoms with Crippen LogP contribution in [0.2, 0.25) is 0 Å². The molecule has 0 unspecified atom stereocenters. The van der Waals surface area contributed by atoms with E-state index in [1.165, 1.54) is 37.7 Å². The molecule has 0 aromatic carbocycles. The monoisotopic (exact) mass is 412 g/mol. The number of fused-ring (bicyclic) bond motifs is 7. The summed E-state index contributed by atoms with van der Waals surface area (Å²) in [6.45, 7) is 10.7. The SMILES string of the molecule is C[C@H]1CC[C@]2(OC1)O[C@H]1C[C@H]3[C@@H]4CC=C5CC(=O)CC[C@]5(C)[C@H]4CC[C@]3(C)[C@H]1[C@H]2C. The number of allylic oxidation sites excluding steroid dienone is 2. The number of hydrogen-bond donors (Lipinski definition) is 0. The van der Waals surface area contributed by atoms with Crippen molar-refractivity contribution in [3.05, 3.63) is 11.6 Å². The highest BCUT2D eigenvalue weighted by molar-refractivity contribution is 5.82. The van der Waals surface area contributed by atoms with Gasteiger partial charge in [0.2, 0.25) is 0 Å². The molecular weight excluding hydrogens is 372 g/mol. The zero-order valence-electron chi connectivity index (χ0n) is 19.4. The largest absolute Gasteiger partial charge is 0.349 e. The standard InChI is InChI=1S/C27H40O3/c1-16-7-12-27(29-15-16)17(2)24-23(30-27)14-22-20-6-5-18-13-19(28)8-10-25(18,3)21(20)9-11-26(22,24)4/h5,16-17,20-24H,6-15H2,1-4H3/t16-,17+,20+,21-,22-,23-,24-,25-,26-,27-/m0/s1. The Morgan fingerprint density at radius 2 is 1.90 bits per heavy atom. The van der Waals surface area contributed by atoms with E-state index in [0.29, 0.717) is 35.1 Å². The van der Waals surface area contributed by atoms with Crippen LogP contribution >= 0.6 is 0 Å². The van der Waals surface area contributed by atoms with Crippen molar-refractivity contribution in [1.82, 2.24) is 0 Å². The van der Waals surface area contributed by atoms with E-state index in [4.69, 9.17) is 9.47 Å². The average Bonchev–Trinajstić information content (AvgIpc) is 3.16. The van der Waals surface area contributed by atoms with E-state index in [1.54, 1.807) is 0 Å². The van der Waals surface area contributed by atoms with E-state index in [0.717, 1.165) is 50.0 Å². The number of Topliss-reactive ketones (excluding diaryl/α,β-unsaturated/α-hetero) is 1. The minimum Gasteiger partial charge on any atom is -0.349 e. The smallest absolute Gasteiger partial charge is 0.171 e. The van der Waals surface area contributed by atoms with Gasteiger partial charge in [0, 0.05) is 25.2 Å². The van der Waals surface area contributed by atoms with Gasteiger partial charge in [0.15, 0.2) is 5.79 Å². The van der Waals surface area contributed by atoms with Crippen molar-refractivity contribution in [1.29, 1.82) is 0 Å². The second-order valence-corrected chi connectivity index (χ2v) is 12.5. The summed E-state index contributed by atoms with van der Waals surface area (Å²) in [6.07, 6.45) is 12.9. The Morgan fingerprint density at radius 3 is 2.67 bits per heavy atom. The second kappa shape index (κ2) is 6.44. The van der Waals surface area contributed by atoms with Gasteiger partial charge < -0.3 is 9.47 Å². The molecule has 0 bridgehead atoms. The molecule has 4 aliphatic carbocycles. The van der Waals surface area contributed by atoms with Gasteiger partial charge in [-0.2, -0.15) is 0 Å².